The van der Waals surface area contributed by atoms with Gasteiger partial charge in [0.2, 0.25) is 10.0 Å². The molecular weight excluding hydrogens is 426 g/mol. The number of ether oxygens (including phenoxy) is 1. The highest BCUT2D eigenvalue weighted by atomic mass is 32.2. The van der Waals surface area contributed by atoms with Crippen LogP contribution in [-0.4, -0.2) is 54.6 Å². The van der Waals surface area contributed by atoms with Crippen LogP contribution in [0.25, 0.3) is 0 Å². The fourth-order valence-corrected chi connectivity index (χ4v) is 5.22. The van der Waals surface area contributed by atoms with Crippen molar-refractivity contribution in [2.24, 2.45) is 0 Å². The molecule has 0 aliphatic heterocycles. The van der Waals surface area contributed by atoms with Crippen molar-refractivity contribution < 1.29 is 21.6 Å². The number of nitrogens with one attached hydrogen (secondary N) is 1. The first kappa shape index (κ1) is 24.0. The average Bonchev–Trinajstić information content (AvgIpc) is 2.64. The van der Waals surface area contributed by atoms with Crippen molar-refractivity contribution >= 4 is 31.4 Å². The maximum Gasteiger partial charge on any atom is 0.261 e. The Morgan fingerprint density at radius 1 is 1.00 bits per heavy atom. The van der Waals surface area contributed by atoms with E-state index < -0.39 is 20.0 Å². The topological polar surface area (TPSA) is 96.0 Å². The summed E-state index contributed by atoms with van der Waals surface area (Å²) in [6.07, 6.45) is 1.17. The highest BCUT2D eigenvalue weighted by Crippen LogP contribution is 2.27. The van der Waals surface area contributed by atoms with Crippen molar-refractivity contribution in [3.05, 3.63) is 48.0 Å². The third-order valence-corrected chi connectivity index (χ3v) is 7.31. The predicted octanol–water partition coefficient (Wildman–Crippen LogP) is 2.73. The Hall–Kier alpha value is -2.30. The summed E-state index contributed by atoms with van der Waals surface area (Å²) in [5.74, 6) is 0.557. The monoisotopic (exact) mass is 455 g/mol. The van der Waals surface area contributed by atoms with E-state index in [0.717, 1.165) is 5.69 Å². The zero-order chi connectivity index (χ0) is 22.7. The van der Waals surface area contributed by atoms with Gasteiger partial charge >= 0.3 is 0 Å². The molecule has 0 atom stereocenters. The number of methoxy groups -OCH3 is 1. The molecule has 0 saturated heterocycles. The van der Waals surface area contributed by atoms with Crippen LogP contribution in [0.1, 0.15) is 19.4 Å². The van der Waals surface area contributed by atoms with Gasteiger partial charge in [-0.3, -0.25) is 4.72 Å². The van der Waals surface area contributed by atoms with Crippen LogP contribution >= 0.6 is 0 Å². The number of benzene rings is 2. The molecule has 10 heteroatoms. The summed E-state index contributed by atoms with van der Waals surface area (Å²) < 4.78 is 58.9. The summed E-state index contributed by atoms with van der Waals surface area (Å²) in [4.78, 5) is 1.96. The van der Waals surface area contributed by atoms with Crippen LogP contribution in [0.5, 0.6) is 5.75 Å². The summed E-state index contributed by atoms with van der Waals surface area (Å²) in [6, 6.07) is 10.9. The molecule has 0 aliphatic rings. The van der Waals surface area contributed by atoms with Gasteiger partial charge < -0.3 is 9.64 Å². The van der Waals surface area contributed by atoms with E-state index in [0.29, 0.717) is 17.0 Å². The number of anilines is 2. The Kier molecular flexibility index (Phi) is 7.38. The normalized spacial score (nSPS) is 12.3. The zero-order valence-corrected chi connectivity index (χ0v) is 19.7. The molecule has 0 radical (unpaired) electrons. The van der Waals surface area contributed by atoms with Crippen LogP contribution in [0.4, 0.5) is 11.4 Å². The van der Waals surface area contributed by atoms with Gasteiger partial charge in [-0.2, -0.15) is 4.31 Å². The van der Waals surface area contributed by atoms with E-state index in [2.05, 4.69) is 4.72 Å². The van der Waals surface area contributed by atoms with Crippen molar-refractivity contribution in [3.63, 3.8) is 0 Å². The van der Waals surface area contributed by atoms with Crippen LogP contribution < -0.4 is 14.4 Å². The van der Waals surface area contributed by atoms with Crippen molar-refractivity contribution in [1.82, 2.24) is 4.31 Å². The molecule has 0 aliphatic carbocycles. The lowest BCUT2D eigenvalue weighted by Crippen LogP contribution is -2.36. The number of rotatable bonds is 9. The Morgan fingerprint density at radius 2 is 1.60 bits per heavy atom. The summed E-state index contributed by atoms with van der Waals surface area (Å²) in [7, 11) is -2.05. The van der Waals surface area contributed by atoms with E-state index >= 15 is 0 Å². The van der Waals surface area contributed by atoms with Crippen molar-refractivity contribution in [3.8, 4) is 5.75 Å². The molecule has 2 aromatic rings. The second-order valence-corrected chi connectivity index (χ2v) is 11.0. The SMILES string of the molecule is COc1ccc(S(=O)(=O)Nc2ccc(N(C)C)c(CN(C(C)C)S(C)(=O)=O)c2)cc1. The molecule has 0 unspecified atom stereocenters. The second-order valence-electron chi connectivity index (χ2n) is 7.42. The van der Waals surface area contributed by atoms with Crippen LogP contribution in [-0.2, 0) is 26.6 Å². The van der Waals surface area contributed by atoms with Gasteiger partial charge in [0.15, 0.2) is 0 Å². The summed E-state index contributed by atoms with van der Waals surface area (Å²) in [5, 5.41) is 0. The quantitative estimate of drug-likeness (QED) is 0.625. The first-order chi connectivity index (χ1) is 13.8. The van der Waals surface area contributed by atoms with Crippen LogP contribution in [0.3, 0.4) is 0 Å². The van der Waals surface area contributed by atoms with E-state index in [9.17, 15) is 16.8 Å². The Bertz CT molecular complexity index is 1080. The van der Waals surface area contributed by atoms with Crippen molar-refractivity contribution in [2.45, 2.75) is 31.3 Å². The minimum atomic E-state index is -3.81. The molecule has 2 rings (SSSR count). The molecular formula is C20H29N3O5S2. The van der Waals surface area contributed by atoms with Crippen LogP contribution in [0, 0.1) is 0 Å². The highest BCUT2D eigenvalue weighted by Gasteiger charge is 2.23. The second kappa shape index (κ2) is 9.23. The van der Waals surface area contributed by atoms with Gasteiger partial charge in [0, 0.05) is 38.1 Å². The Labute approximate surface area is 179 Å². The van der Waals surface area contributed by atoms with E-state index in [1.54, 1.807) is 44.2 Å². The van der Waals surface area contributed by atoms with Gasteiger partial charge in [0.1, 0.15) is 5.75 Å². The average molecular weight is 456 g/mol. The fraction of sp³-hybridized carbons (Fsp3) is 0.400. The first-order valence-electron chi connectivity index (χ1n) is 9.29. The maximum absolute atomic E-state index is 12.8. The molecule has 0 saturated carbocycles. The van der Waals surface area contributed by atoms with Crippen molar-refractivity contribution in [1.29, 1.82) is 0 Å². The molecule has 0 aromatic heterocycles. The fourth-order valence-electron chi connectivity index (χ4n) is 3.03. The van der Waals surface area contributed by atoms with Crippen molar-refractivity contribution in [2.75, 3.05) is 37.1 Å². The lowest BCUT2D eigenvalue weighted by molar-refractivity contribution is 0.351. The van der Waals surface area contributed by atoms with Crippen LogP contribution in [0.15, 0.2) is 47.4 Å². The van der Waals surface area contributed by atoms with Gasteiger partial charge in [0.25, 0.3) is 10.0 Å². The molecule has 1 N–H and O–H groups in total. The lowest BCUT2D eigenvalue weighted by Gasteiger charge is -2.27. The standard InChI is InChI=1S/C20H29N3O5S2/c1-15(2)23(29(6,24)25)14-16-13-17(7-12-20(16)22(3)4)21-30(26,27)19-10-8-18(28-5)9-11-19/h7-13,15,21H,14H2,1-6H3. The predicted molar refractivity (Wildman–Crippen MR) is 120 cm³/mol. The minimum Gasteiger partial charge on any atom is -0.497 e. The molecule has 2 aromatic carbocycles. The molecule has 0 spiro atoms. The van der Waals surface area contributed by atoms with E-state index in [1.807, 2.05) is 19.0 Å². The summed E-state index contributed by atoms with van der Waals surface area (Å²) >= 11 is 0. The number of sulfonamides is 2. The largest absolute Gasteiger partial charge is 0.497 e. The molecule has 30 heavy (non-hydrogen) atoms. The molecule has 0 fully saturated rings. The van der Waals surface area contributed by atoms with Gasteiger partial charge in [-0.1, -0.05) is 0 Å². The van der Waals surface area contributed by atoms with Gasteiger partial charge in [-0.15, -0.1) is 0 Å². The third kappa shape index (κ3) is 5.87. The Morgan fingerprint density at radius 3 is 2.07 bits per heavy atom. The zero-order valence-electron chi connectivity index (χ0n) is 18.1. The Balaban J connectivity index is 2.41. The summed E-state index contributed by atoms with van der Waals surface area (Å²) in [6.45, 7) is 3.72. The molecule has 8 nitrogen and oxygen atoms in total. The van der Waals surface area contributed by atoms with E-state index in [1.165, 1.54) is 29.8 Å². The number of hydrogen-bond acceptors (Lipinski definition) is 6. The van der Waals surface area contributed by atoms with Gasteiger partial charge in [0.05, 0.1) is 18.3 Å². The number of hydrogen-bond donors (Lipinski definition) is 1. The molecule has 0 heterocycles. The highest BCUT2D eigenvalue weighted by molar-refractivity contribution is 7.92. The third-order valence-electron chi connectivity index (χ3n) is 4.51. The minimum absolute atomic E-state index is 0.0986. The molecule has 166 valence electrons. The molecule has 0 bridgehead atoms. The summed E-state index contributed by atoms with van der Waals surface area (Å²) in [5.41, 5.74) is 1.84. The smallest absolute Gasteiger partial charge is 0.261 e. The molecule has 0 amide bonds. The maximum atomic E-state index is 12.8. The lowest BCUT2D eigenvalue weighted by atomic mass is 10.1. The van der Waals surface area contributed by atoms with Gasteiger partial charge in [-0.25, -0.2) is 16.8 Å². The van der Waals surface area contributed by atoms with Crippen LogP contribution in [0.2, 0.25) is 0 Å². The van der Waals surface area contributed by atoms with E-state index in [4.69, 9.17) is 4.74 Å². The number of nitrogens with zero attached hydrogens (tertiary/aromatic N) is 2. The van der Waals surface area contributed by atoms with Gasteiger partial charge in [-0.05, 0) is 61.9 Å². The first-order valence-corrected chi connectivity index (χ1v) is 12.6. The van der Waals surface area contributed by atoms with E-state index in [-0.39, 0.29) is 17.5 Å².